The Morgan fingerprint density at radius 2 is 1.80 bits per heavy atom. The molecule has 0 aromatic heterocycles. The molecule has 0 N–H and O–H groups in total. The SMILES string of the molecule is [C-]#[N+]/C(C#N)=C1C=C(/C=C/c2ccc3c(c2)CCN3c2ccccc2)OC(C)(c2ccccc2)C\1. The van der Waals surface area contributed by atoms with Crippen molar-refractivity contribution in [2.45, 2.75) is 25.4 Å². The summed E-state index contributed by atoms with van der Waals surface area (Å²) >= 11 is 0. The maximum absolute atomic E-state index is 9.49. The van der Waals surface area contributed by atoms with Crippen molar-refractivity contribution in [3.8, 4) is 6.07 Å². The summed E-state index contributed by atoms with van der Waals surface area (Å²) in [7, 11) is 0. The van der Waals surface area contributed by atoms with Crippen LogP contribution in [-0.2, 0) is 16.8 Å². The topological polar surface area (TPSA) is 40.6 Å². The van der Waals surface area contributed by atoms with Crippen molar-refractivity contribution in [3.63, 3.8) is 0 Å². The van der Waals surface area contributed by atoms with Crippen LogP contribution in [0.2, 0.25) is 0 Å². The van der Waals surface area contributed by atoms with E-state index >= 15 is 0 Å². The second kappa shape index (κ2) is 9.37. The average molecular weight is 456 g/mol. The molecule has 170 valence electrons. The van der Waals surface area contributed by atoms with Crippen molar-refractivity contribution in [1.29, 1.82) is 5.26 Å². The van der Waals surface area contributed by atoms with Gasteiger partial charge in [-0.2, -0.15) is 0 Å². The molecule has 1 unspecified atom stereocenters. The Bertz CT molecular complexity index is 1410. The van der Waals surface area contributed by atoms with Crippen LogP contribution in [0.1, 0.15) is 30.0 Å². The van der Waals surface area contributed by atoms with Crippen LogP contribution in [0.15, 0.2) is 108 Å². The van der Waals surface area contributed by atoms with E-state index in [1.165, 1.54) is 16.9 Å². The normalized spacial score (nSPS) is 20.4. The zero-order chi connectivity index (χ0) is 24.3. The first-order valence-electron chi connectivity index (χ1n) is 11.7. The number of ether oxygens (including phenoxy) is 1. The highest BCUT2D eigenvalue weighted by Crippen LogP contribution is 2.41. The van der Waals surface area contributed by atoms with Crippen LogP contribution < -0.4 is 4.90 Å². The predicted octanol–water partition coefficient (Wildman–Crippen LogP) is 7.31. The van der Waals surface area contributed by atoms with Crippen molar-refractivity contribution in [2.75, 3.05) is 11.4 Å². The van der Waals surface area contributed by atoms with Crippen molar-refractivity contribution in [1.82, 2.24) is 0 Å². The van der Waals surface area contributed by atoms with E-state index in [1.54, 1.807) is 0 Å². The third-order valence-corrected chi connectivity index (χ3v) is 6.60. The van der Waals surface area contributed by atoms with E-state index in [4.69, 9.17) is 11.3 Å². The van der Waals surface area contributed by atoms with Crippen LogP contribution in [0.5, 0.6) is 0 Å². The van der Waals surface area contributed by atoms with Gasteiger partial charge in [0.25, 0.3) is 5.70 Å². The van der Waals surface area contributed by atoms with E-state index in [1.807, 2.05) is 67.6 Å². The number of allylic oxidation sites excluding steroid dienone is 3. The quantitative estimate of drug-likeness (QED) is 0.306. The van der Waals surface area contributed by atoms with E-state index in [-0.39, 0.29) is 5.70 Å². The Hall–Kier alpha value is -4.54. The third-order valence-electron chi connectivity index (χ3n) is 6.60. The summed E-state index contributed by atoms with van der Waals surface area (Å²) in [6.07, 6.45) is 7.26. The summed E-state index contributed by atoms with van der Waals surface area (Å²) < 4.78 is 6.44. The van der Waals surface area contributed by atoms with Crippen molar-refractivity contribution in [3.05, 3.63) is 136 Å². The second-order valence-electron chi connectivity index (χ2n) is 8.98. The molecule has 0 saturated heterocycles. The molecular weight excluding hydrogens is 430 g/mol. The molecule has 2 aliphatic rings. The Labute approximate surface area is 206 Å². The summed E-state index contributed by atoms with van der Waals surface area (Å²) in [6.45, 7) is 10.4. The van der Waals surface area contributed by atoms with E-state index in [0.717, 1.165) is 24.1 Å². The summed E-state index contributed by atoms with van der Waals surface area (Å²) in [6, 6.07) is 29.0. The number of benzene rings is 3. The van der Waals surface area contributed by atoms with Gasteiger partial charge in [0.2, 0.25) is 0 Å². The van der Waals surface area contributed by atoms with Gasteiger partial charge in [-0.15, -0.1) is 0 Å². The van der Waals surface area contributed by atoms with Crippen LogP contribution >= 0.6 is 0 Å². The number of fused-ring (bicyclic) bond motifs is 1. The molecule has 0 aliphatic carbocycles. The average Bonchev–Trinajstić information content (AvgIpc) is 3.32. The van der Waals surface area contributed by atoms with Gasteiger partial charge < -0.3 is 9.64 Å². The van der Waals surface area contributed by atoms with Gasteiger partial charge in [0, 0.05) is 24.3 Å². The molecule has 35 heavy (non-hydrogen) atoms. The van der Waals surface area contributed by atoms with Gasteiger partial charge in [-0.1, -0.05) is 60.7 Å². The Kier molecular flexibility index (Phi) is 5.96. The van der Waals surface area contributed by atoms with Gasteiger partial charge in [0.05, 0.1) is 12.6 Å². The Morgan fingerprint density at radius 3 is 2.51 bits per heavy atom. The number of rotatable bonds is 4. The first-order chi connectivity index (χ1) is 17.1. The first kappa shape index (κ1) is 22.3. The molecule has 5 rings (SSSR count). The highest BCUT2D eigenvalue weighted by molar-refractivity contribution is 5.72. The van der Waals surface area contributed by atoms with E-state index < -0.39 is 5.60 Å². The van der Waals surface area contributed by atoms with Crippen LogP contribution in [0.25, 0.3) is 10.9 Å². The Balaban J connectivity index is 1.44. The van der Waals surface area contributed by atoms with Crippen LogP contribution in [0.4, 0.5) is 11.4 Å². The number of nitriles is 1. The van der Waals surface area contributed by atoms with Gasteiger partial charge in [-0.3, -0.25) is 0 Å². The van der Waals surface area contributed by atoms with Crippen LogP contribution in [-0.4, -0.2) is 6.54 Å². The maximum Gasteiger partial charge on any atom is 0.265 e. The molecule has 2 heterocycles. The number of hydrogen-bond donors (Lipinski definition) is 0. The molecule has 0 bridgehead atoms. The molecule has 4 heteroatoms. The summed E-state index contributed by atoms with van der Waals surface area (Å²) in [5.41, 5.74) is 6.04. The molecule has 0 amide bonds. The second-order valence-corrected chi connectivity index (χ2v) is 8.98. The fourth-order valence-electron chi connectivity index (χ4n) is 4.85. The predicted molar refractivity (Wildman–Crippen MR) is 139 cm³/mol. The van der Waals surface area contributed by atoms with Crippen molar-refractivity contribution < 1.29 is 4.74 Å². The molecule has 0 spiro atoms. The van der Waals surface area contributed by atoms with Gasteiger partial charge in [0.1, 0.15) is 11.4 Å². The lowest BCUT2D eigenvalue weighted by molar-refractivity contribution is 0.0143. The summed E-state index contributed by atoms with van der Waals surface area (Å²) in [5, 5.41) is 9.49. The minimum Gasteiger partial charge on any atom is -0.483 e. The van der Waals surface area contributed by atoms with E-state index in [0.29, 0.717) is 17.8 Å². The van der Waals surface area contributed by atoms with Gasteiger partial charge in [-0.05, 0) is 72.0 Å². The highest BCUT2D eigenvalue weighted by atomic mass is 16.5. The largest absolute Gasteiger partial charge is 0.483 e. The number of para-hydroxylation sites is 1. The van der Waals surface area contributed by atoms with E-state index in [9.17, 15) is 5.26 Å². The Morgan fingerprint density at radius 1 is 1.06 bits per heavy atom. The first-order valence-corrected chi connectivity index (χ1v) is 11.7. The minimum absolute atomic E-state index is 0.111. The molecule has 4 nitrogen and oxygen atoms in total. The zero-order valence-electron chi connectivity index (χ0n) is 19.6. The van der Waals surface area contributed by atoms with Gasteiger partial charge in [-0.25, -0.2) is 10.1 Å². The third kappa shape index (κ3) is 4.47. The minimum atomic E-state index is -0.661. The number of anilines is 2. The lowest BCUT2D eigenvalue weighted by Gasteiger charge is -2.36. The number of hydrogen-bond acceptors (Lipinski definition) is 3. The van der Waals surface area contributed by atoms with Crippen LogP contribution in [0.3, 0.4) is 0 Å². The molecule has 1 atom stereocenters. The molecule has 2 aliphatic heterocycles. The van der Waals surface area contributed by atoms with Gasteiger partial charge >= 0.3 is 0 Å². The van der Waals surface area contributed by atoms with Crippen molar-refractivity contribution in [2.24, 2.45) is 0 Å². The molecule has 3 aromatic carbocycles. The molecular formula is C31H25N3O. The summed E-state index contributed by atoms with van der Waals surface area (Å²) in [4.78, 5) is 5.81. The monoisotopic (exact) mass is 455 g/mol. The fourth-order valence-corrected chi connectivity index (χ4v) is 4.85. The van der Waals surface area contributed by atoms with E-state index in [2.05, 4.69) is 52.2 Å². The fraction of sp³-hybridized carbons (Fsp3) is 0.161. The van der Waals surface area contributed by atoms with Crippen LogP contribution in [0, 0.1) is 17.9 Å². The smallest absolute Gasteiger partial charge is 0.265 e. The van der Waals surface area contributed by atoms with Crippen molar-refractivity contribution >= 4 is 17.5 Å². The standard InChI is InChI=1S/C31H25N3O/c1-31(26-9-5-3-6-10-26)21-25(29(22-32)33-2)20-28(35-31)15-13-23-14-16-30-24(19-23)17-18-34(30)27-11-7-4-8-12-27/h3-16,19-20H,17-18,21H2,1H3/b15-13+,29-25+. The maximum atomic E-state index is 9.49. The molecule has 3 aromatic rings. The lowest BCUT2D eigenvalue weighted by atomic mass is 9.85. The van der Waals surface area contributed by atoms with Gasteiger partial charge in [0.15, 0.2) is 0 Å². The number of nitrogens with zero attached hydrogens (tertiary/aromatic N) is 3. The molecule has 0 radical (unpaired) electrons. The molecule has 0 saturated carbocycles. The summed E-state index contributed by atoms with van der Waals surface area (Å²) in [5.74, 6) is 0.639. The zero-order valence-corrected chi connectivity index (χ0v) is 19.6. The lowest BCUT2D eigenvalue weighted by Crippen LogP contribution is -2.29. The molecule has 0 fully saturated rings. The highest BCUT2D eigenvalue weighted by Gasteiger charge is 2.34.